The third-order valence-electron chi connectivity index (χ3n) is 3.72. The molecule has 1 N–H and O–H groups in total. The zero-order chi connectivity index (χ0) is 18.0. The molecule has 2 heterocycles. The highest BCUT2D eigenvalue weighted by Crippen LogP contribution is 2.22. The van der Waals surface area contributed by atoms with Gasteiger partial charge in [0.25, 0.3) is 5.56 Å². The Morgan fingerprint density at radius 2 is 2.08 bits per heavy atom. The lowest BCUT2D eigenvalue weighted by Crippen LogP contribution is -2.28. The number of carboxylic acid groups (broad SMARTS) is 1. The highest BCUT2D eigenvalue weighted by molar-refractivity contribution is 7.17. The van der Waals surface area contributed by atoms with Gasteiger partial charge < -0.3 is 9.84 Å². The number of hydrogen-bond donors (Lipinski definition) is 1. The molecule has 3 rings (SSSR count). The van der Waals surface area contributed by atoms with Crippen LogP contribution in [0, 0.1) is 0 Å². The topological polar surface area (TPSA) is 81.4 Å². The van der Waals surface area contributed by atoms with Crippen molar-refractivity contribution in [3.05, 3.63) is 56.4 Å². The van der Waals surface area contributed by atoms with E-state index in [1.54, 1.807) is 24.3 Å². The number of fused-ring (bicyclic) bond motifs is 1. The van der Waals surface area contributed by atoms with Crippen molar-refractivity contribution < 1.29 is 14.6 Å². The van der Waals surface area contributed by atoms with E-state index in [0.29, 0.717) is 27.8 Å². The van der Waals surface area contributed by atoms with Gasteiger partial charge in [-0.25, -0.2) is 9.78 Å². The van der Waals surface area contributed by atoms with Crippen molar-refractivity contribution in [2.75, 3.05) is 6.61 Å². The average molecular weight is 379 g/mol. The van der Waals surface area contributed by atoms with Crippen LogP contribution in [-0.4, -0.2) is 27.2 Å². The van der Waals surface area contributed by atoms with Gasteiger partial charge in [0.15, 0.2) is 0 Å². The molecule has 0 bridgehead atoms. The van der Waals surface area contributed by atoms with Crippen LogP contribution < -0.4 is 10.3 Å². The molecule has 0 unspecified atom stereocenters. The summed E-state index contributed by atoms with van der Waals surface area (Å²) in [7, 11) is 0. The van der Waals surface area contributed by atoms with Crippen molar-refractivity contribution in [3.63, 3.8) is 0 Å². The van der Waals surface area contributed by atoms with Gasteiger partial charge in [0.05, 0.1) is 17.5 Å². The van der Waals surface area contributed by atoms with Crippen molar-refractivity contribution in [1.29, 1.82) is 0 Å². The van der Waals surface area contributed by atoms with E-state index in [9.17, 15) is 14.7 Å². The van der Waals surface area contributed by atoms with Gasteiger partial charge in [-0.2, -0.15) is 0 Å². The summed E-state index contributed by atoms with van der Waals surface area (Å²) in [4.78, 5) is 29.0. The lowest BCUT2D eigenvalue weighted by molar-refractivity contribution is 0.0699. The first kappa shape index (κ1) is 17.4. The van der Waals surface area contributed by atoms with Crippen molar-refractivity contribution in [2.24, 2.45) is 0 Å². The number of ether oxygens (including phenoxy) is 1. The summed E-state index contributed by atoms with van der Waals surface area (Å²) in [5, 5.41) is 11.5. The van der Waals surface area contributed by atoms with Crippen LogP contribution >= 0.6 is 22.9 Å². The standard InChI is InChI=1S/C17H15ClN2O4S/c1-2-13-19-15-14(12(9-25-15)17(22)23)16(21)20(13)7-8-24-11-5-3-10(18)4-6-11/h3-6,9H,2,7-8H2,1H3,(H,22,23). The maximum Gasteiger partial charge on any atom is 0.337 e. The Bertz CT molecular complexity index is 979. The van der Waals surface area contributed by atoms with Crippen molar-refractivity contribution in [3.8, 4) is 5.75 Å². The Kier molecular flexibility index (Phi) is 5.06. The van der Waals surface area contributed by atoms with Crippen LogP contribution in [0.2, 0.25) is 5.02 Å². The maximum atomic E-state index is 12.8. The van der Waals surface area contributed by atoms with E-state index in [4.69, 9.17) is 16.3 Å². The highest BCUT2D eigenvalue weighted by Gasteiger charge is 2.18. The van der Waals surface area contributed by atoms with E-state index < -0.39 is 5.97 Å². The summed E-state index contributed by atoms with van der Waals surface area (Å²) in [6, 6.07) is 6.93. The van der Waals surface area contributed by atoms with Gasteiger partial charge in [-0.15, -0.1) is 11.3 Å². The first-order valence-electron chi connectivity index (χ1n) is 7.63. The molecule has 6 nitrogen and oxygen atoms in total. The number of thiophene rings is 1. The molecule has 0 saturated heterocycles. The Labute approximate surface area is 152 Å². The summed E-state index contributed by atoms with van der Waals surface area (Å²) in [6.45, 7) is 2.44. The van der Waals surface area contributed by atoms with Crippen LogP contribution in [0.1, 0.15) is 23.1 Å². The number of nitrogens with zero attached hydrogens (tertiary/aromatic N) is 2. The molecule has 0 atom stereocenters. The van der Waals surface area contributed by atoms with E-state index >= 15 is 0 Å². The molecule has 2 aromatic heterocycles. The molecule has 1 aromatic carbocycles. The van der Waals surface area contributed by atoms with Crippen molar-refractivity contribution in [2.45, 2.75) is 19.9 Å². The number of hydrogen-bond acceptors (Lipinski definition) is 5. The zero-order valence-electron chi connectivity index (χ0n) is 13.4. The van der Waals surface area contributed by atoms with E-state index in [0.717, 1.165) is 0 Å². The monoisotopic (exact) mass is 378 g/mol. The molecule has 0 radical (unpaired) electrons. The fraction of sp³-hybridized carbons (Fsp3) is 0.235. The van der Waals surface area contributed by atoms with E-state index in [1.807, 2.05) is 6.92 Å². The number of carbonyl (C=O) groups is 1. The number of carboxylic acids is 1. The number of aromatic carboxylic acids is 1. The highest BCUT2D eigenvalue weighted by atomic mass is 35.5. The fourth-order valence-electron chi connectivity index (χ4n) is 2.51. The number of rotatable bonds is 6. The van der Waals surface area contributed by atoms with Crippen LogP contribution in [-0.2, 0) is 13.0 Å². The summed E-state index contributed by atoms with van der Waals surface area (Å²) in [6.07, 6.45) is 0.562. The summed E-state index contributed by atoms with van der Waals surface area (Å²) in [5.41, 5.74) is -0.354. The molecule has 0 fully saturated rings. The SMILES string of the molecule is CCc1nc2scc(C(=O)O)c2c(=O)n1CCOc1ccc(Cl)cc1. The van der Waals surface area contributed by atoms with Crippen LogP contribution in [0.4, 0.5) is 0 Å². The van der Waals surface area contributed by atoms with Gasteiger partial charge in [-0.05, 0) is 24.3 Å². The number of aromatic nitrogens is 2. The normalized spacial score (nSPS) is 11.0. The smallest absolute Gasteiger partial charge is 0.337 e. The Balaban J connectivity index is 1.90. The average Bonchev–Trinajstić information content (AvgIpc) is 3.02. The second-order valence-electron chi connectivity index (χ2n) is 5.28. The van der Waals surface area contributed by atoms with E-state index in [1.165, 1.54) is 21.3 Å². The fourth-order valence-corrected chi connectivity index (χ4v) is 3.56. The van der Waals surface area contributed by atoms with Gasteiger partial charge in [-0.3, -0.25) is 9.36 Å². The minimum absolute atomic E-state index is 0.00692. The predicted molar refractivity (Wildman–Crippen MR) is 97.2 cm³/mol. The van der Waals surface area contributed by atoms with Gasteiger partial charge >= 0.3 is 5.97 Å². The third kappa shape index (κ3) is 3.52. The van der Waals surface area contributed by atoms with Gasteiger partial charge in [0.2, 0.25) is 0 Å². The first-order valence-corrected chi connectivity index (χ1v) is 8.89. The number of halogens is 1. The van der Waals surface area contributed by atoms with Gasteiger partial charge in [0, 0.05) is 16.8 Å². The molecule has 0 aliphatic carbocycles. The molecular formula is C17H15ClN2O4S. The Morgan fingerprint density at radius 1 is 1.36 bits per heavy atom. The second kappa shape index (κ2) is 7.25. The van der Waals surface area contributed by atoms with Crippen LogP contribution in [0.3, 0.4) is 0 Å². The van der Waals surface area contributed by atoms with Crippen LogP contribution in [0.5, 0.6) is 5.75 Å². The minimum atomic E-state index is -1.13. The molecule has 3 aromatic rings. The summed E-state index contributed by atoms with van der Waals surface area (Å²) in [5.74, 6) is 0.126. The molecule has 0 aliphatic rings. The van der Waals surface area contributed by atoms with Crippen LogP contribution in [0.25, 0.3) is 10.2 Å². The van der Waals surface area contributed by atoms with E-state index in [2.05, 4.69) is 4.98 Å². The summed E-state index contributed by atoms with van der Waals surface area (Å²) >= 11 is 7.00. The van der Waals surface area contributed by atoms with E-state index in [-0.39, 0.29) is 29.7 Å². The minimum Gasteiger partial charge on any atom is -0.492 e. The molecule has 0 spiro atoms. The molecule has 25 heavy (non-hydrogen) atoms. The summed E-state index contributed by atoms with van der Waals surface area (Å²) < 4.78 is 7.11. The Morgan fingerprint density at radius 3 is 2.72 bits per heavy atom. The molecule has 0 amide bonds. The Hall–Kier alpha value is -2.38. The number of aryl methyl sites for hydroxylation is 1. The number of benzene rings is 1. The van der Waals surface area contributed by atoms with Gasteiger partial charge in [0.1, 0.15) is 23.0 Å². The lowest BCUT2D eigenvalue weighted by atomic mass is 10.2. The van der Waals surface area contributed by atoms with Gasteiger partial charge in [-0.1, -0.05) is 18.5 Å². The molecule has 8 heteroatoms. The first-order chi connectivity index (χ1) is 12.0. The van der Waals surface area contributed by atoms with Crippen LogP contribution in [0.15, 0.2) is 34.4 Å². The quantitative estimate of drug-likeness (QED) is 0.710. The largest absolute Gasteiger partial charge is 0.492 e. The van der Waals surface area contributed by atoms with Crippen molar-refractivity contribution >= 4 is 39.1 Å². The zero-order valence-corrected chi connectivity index (χ0v) is 14.9. The molecule has 0 aliphatic heterocycles. The molecule has 130 valence electrons. The molecular weight excluding hydrogens is 364 g/mol. The van der Waals surface area contributed by atoms with Crippen molar-refractivity contribution in [1.82, 2.24) is 9.55 Å². The predicted octanol–water partition coefficient (Wildman–Crippen LogP) is 3.45. The lowest BCUT2D eigenvalue weighted by Gasteiger charge is -2.12. The molecule has 0 saturated carbocycles. The maximum absolute atomic E-state index is 12.8. The third-order valence-corrected chi connectivity index (χ3v) is 4.84. The second-order valence-corrected chi connectivity index (χ2v) is 6.57.